The number of hydrogen-bond acceptors (Lipinski definition) is 5. The Morgan fingerprint density at radius 2 is 1.90 bits per heavy atom. The quantitative estimate of drug-likeness (QED) is 0.385. The molecule has 0 fully saturated rings. The van der Waals surface area contributed by atoms with E-state index in [1.54, 1.807) is 0 Å². The van der Waals surface area contributed by atoms with E-state index >= 15 is 0 Å². The Morgan fingerprint density at radius 3 is 2.38 bits per heavy atom. The molecule has 21 heavy (non-hydrogen) atoms. The van der Waals surface area contributed by atoms with Crippen LogP contribution in [-0.4, -0.2) is 27.7 Å². The van der Waals surface area contributed by atoms with Crippen molar-refractivity contribution in [2.45, 2.75) is 11.7 Å². The molecule has 0 saturated heterocycles. The van der Waals surface area contributed by atoms with Gasteiger partial charge >= 0.3 is 17.4 Å². The number of pyridine rings is 1. The minimum atomic E-state index is -4.81. The summed E-state index contributed by atoms with van der Waals surface area (Å²) in [6.45, 7) is -0.397. The molecule has 0 unspecified atom stereocenters. The van der Waals surface area contributed by atoms with E-state index in [0.717, 1.165) is 0 Å². The highest BCUT2D eigenvalue weighted by atomic mass is 32.2. The van der Waals surface area contributed by atoms with Crippen LogP contribution in [-0.2, 0) is 6.18 Å². The number of anilines is 1. The molecule has 118 valence electrons. The van der Waals surface area contributed by atoms with Crippen molar-refractivity contribution in [3.8, 4) is 0 Å². The monoisotopic (exact) mass is 335 g/mol. The van der Waals surface area contributed by atoms with Crippen molar-refractivity contribution < 1.29 is 31.3 Å². The van der Waals surface area contributed by atoms with Gasteiger partial charge in [0.2, 0.25) is 0 Å². The second-order valence-corrected chi connectivity index (χ2v) is 4.72. The summed E-state index contributed by atoms with van der Waals surface area (Å²) in [5.41, 5.74) is -7.15. The number of halogens is 6. The van der Waals surface area contributed by atoms with Gasteiger partial charge < -0.3 is 5.32 Å². The molecule has 1 heterocycles. The third-order valence-corrected chi connectivity index (χ3v) is 2.79. The molecule has 1 N–H and O–H groups in total. The lowest BCUT2D eigenvalue weighted by molar-refractivity contribution is -0.384. The zero-order chi connectivity index (χ0) is 16.3. The fourth-order valence-electron chi connectivity index (χ4n) is 1.24. The predicted octanol–water partition coefficient (Wildman–Crippen LogP) is 3.67. The first-order valence-corrected chi connectivity index (χ1v) is 6.15. The zero-order valence-corrected chi connectivity index (χ0v) is 10.8. The predicted molar refractivity (Wildman–Crippen MR) is 62.9 cm³/mol. The Hall–Kier alpha value is -1.72. The molecule has 0 saturated carbocycles. The van der Waals surface area contributed by atoms with Crippen LogP contribution in [0.5, 0.6) is 0 Å². The van der Waals surface area contributed by atoms with Crippen LogP contribution in [0.3, 0.4) is 0 Å². The number of nitrogens with zero attached hydrogens (tertiary/aromatic N) is 2. The number of thioether (sulfide) groups is 1. The maximum atomic E-state index is 12.4. The second kappa shape index (κ2) is 6.37. The number of aromatic nitrogens is 1. The van der Waals surface area contributed by atoms with E-state index in [9.17, 15) is 36.5 Å². The molecule has 0 aliphatic heterocycles. The maximum Gasteiger partial charge on any atom is 0.441 e. The highest BCUT2D eigenvalue weighted by Crippen LogP contribution is 2.33. The Morgan fingerprint density at radius 1 is 1.29 bits per heavy atom. The van der Waals surface area contributed by atoms with E-state index in [1.807, 2.05) is 0 Å². The van der Waals surface area contributed by atoms with Crippen molar-refractivity contribution >= 4 is 23.1 Å². The Kier molecular flexibility index (Phi) is 5.25. The van der Waals surface area contributed by atoms with Crippen LogP contribution in [0.1, 0.15) is 5.69 Å². The van der Waals surface area contributed by atoms with Crippen LogP contribution in [0.25, 0.3) is 0 Å². The van der Waals surface area contributed by atoms with Gasteiger partial charge in [-0.3, -0.25) is 10.1 Å². The first-order chi connectivity index (χ1) is 9.50. The van der Waals surface area contributed by atoms with Gasteiger partial charge in [0, 0.05) is 12.3 Å². The number of nitro groups is 1. The molecule has 0 aliphatic carbocycles. The van der Waals surface area contributed by atoms with Crippen LogP contribution >= 0.6 is 11.8 Å². The van der Waals surface area contributed by atoms with Gasteiger partial charge in [0.05, 0.1) is 4.92 Å². The molecule has 0 radical (unpaired) electrons. The smallest absolute Gasteiger partial charge is 0.379 e. The fourth-order valence-corrected chi connectivity index (χ4v) is 1.68. The Bertz CT molecular complexity index is 519. The first-order valence-electron chi connectivity index (χ1n) is 5.17. The summed E-state index contributed by atoms with van der Waals surface area (Å²) in [7, 11) is 0. The van der Waals surface area contributed by atoms with Gasteiger partial charge in [-0.25, -0.2) is 4.98 Å². The Labute approximate surface area is 117 Å². The third-order valence-electron chi connectivity index (χ3n) is 2.05. The topological polar surface area (TPSA) is 68.1 Å². The summed E-state index contributed by atoms with van der Waals surface area (Å²) in [4.78, 5) is 12.6. The van der Waals surface area contributed by atoms with E-state index < -0.39 is 57.7 Å². The van der Waals surface area contributed by atoms with Crippen molar-refractivity contribution in [2.24, 2.45) is 0 Å². The van der Waals surface area contributed by atoms with Gasteiger partial charge in [-0.2, -0.15) is 26.3 Å². The van der Waals surface area contributed by atoms with Gasteiger partial charge in [-0.1, -0.05) is 0 Å². The SMILES string of the molecule is O=[N+]([O-])c1cnc(C(F)(F)F)cc1NCCSC(F)(F)F. The average molecular weight is 335 g/mol. The van der Waals surface area contributed by atoms with Crippen LogP contribution < -0.4 is 5.32 Å². The number of hydrogen-bond donors (Lipinski definition) is 1. The van der Waals surface area contributed by atoms with Crippen LogP contribution in [0.2, 0.25) is 0 Å². The van der Waals surface area contributed by atoms with E-state index in [1.165, 1.54) is 0 Å². The Balaban J connectivity index is 2.85. The molecule has 0 aromatic carbocycles. The molecule has 0 amide bonds. The van der Waals surface area contributed by atoms with Gasteiger partial charge in [0.25, 0.3) is 0 Å². The van der Waals surface area contributed by atoms with E-state index in [-0.39, 0.29) is 0 Å². The maximum absolute atomic E-state index is 12.4. The largest absolute Gasteiger partial charge is 0.441 e. The zero-order valence-electron chi connectivity index (χ0n) is 9.96. The van der Waals surface area contributed by atoms with E-state index in [4.69, 9.17) is 0 Å². The second-order valence-electron chi connectivity index (χ2n) is 3.56. The third kappa shape index (κ3) is 5.65. The summed E-state index contributed by atoms with van der Waals surface area (Å²) in [5.74, 6) is -0.510. The number of alkyl halides is 6. The van der Waals surface area contributed by atoms with Crippen molar-refractivity contribution in [1.82, 2.24) is 4.98 Å². The summed E-state index contributed by atoms with van der Waals surface area (Å²) >= 11 is -0.393. The molecule has 1 aromatic heterocycles. The summed E-state index contributed by atoms with van der Waals surface area (Å²) in [6.07, 6.45) is -4.41. The van der Waals surface area contributed by atoms with Crippen LogP contribution in [0.4, 0.5) is 37.7 Å². The molecule has 12 heteroatoms. The summed E-state index contributed by atoms with van der Waals surface area (Å²) in [6, 6.07) is 0.385. The minimum Gasteiger partial charge on any atom is -0.379 e. The van der Waals surface area contributed by atoms with E-state index in [2.05, 4.69) is 10.3 Å². The molecule has 1 rings (SSSR count). The molecule has 1 aromatic rings. The number of rotatable bonds is 5. The number of nitrogens with one attached hydrogen (secondary N) is 1. The van der Waals surface area contributed by atoms with Crippen molar-refractivity contribution in [3.63, 3.8) is 0 Å². The van der Waals surface area contributed by atoms with Crippen LogP contribution in [0, 0.1) is 10.1 Å². The molecule has 0 bridgehead atoms. The van der Waals surface area contributed by atoms with Gasteiger partial charge in [-0.15, -0.1) is 0 Å². The molecule has 5 nitrogen and oxygen atoms in total. The minimum absolute atomic E-state index is 0.385. The lowest BCUT2D eigenvalue weighted by Gasteiger charge is -2.11. The fraction of sp³-hybridized carbons (Fsp3) is 0.444. The average Bonchev–Trinajstić information content (AvgIpc) is 2.32. The molecular weight excluding hydrogens is 328 g/mol. The van der Waals surface area contributed by atoms with Crippen molar-refractivity contribution in [2.75, 3.05) is 17.6 Å². The highest BCUT2D eigenvalue weighted by molar-refractivity contribution is 8.00. The standard InChI is InChI=1S/C9H7F6N3O2S/c10-8(11,12)7-3-5(6(4-17-7)18(19)20)16-1-2-21-9(13,14)15/h3-4H,1-2H2,(H,16,17). The van der Waals surface area contributed by atoms with Crippen LogP contribution in [0.15, 0.2) is 12.3 Å². The van der Waals surface area contributed by atoms with Gasteiger partial charge in [0.1, 0.15) is 17.6 Å². The van der Waals surface area contributed by atoms with E-state index in [0.29, 0.717) is 12.3 Å². The summed E-state index contributed by atoms with van der Waals surface area (Å²) in [5, 5.41) is 12.8. The molecule has 0 atom stereocenters. The lowest BCUT2D eigenvalue weighted by atomic mass is 10.2. The molecular formula is C9H7F6N3O2S. The normalized spacial score (nSPS) is 12.3. The van der Waals surface area contributed by atoms with Crippen molar-refractivity contribution in [1.29, 1.82) is 0 Å². The van der Waals surface area contributed by atoms with Crippen molar-refractivity contribution in [3.05, 3.63) is 28.1 Å². The molecule has 0 aliphatic rings. The summed E-state index contributed by atoms with van der Waals surface area (Å²) < 4.78 is 72.9. The first kappa shape index (κ1) is 17.3. The molecule has 0 spiro atoms. The lowest BCUT2D eigenvalue weighted by Crippen LogP contribution is -2.13. The highest BCUT2D eigenvalue weighted by Gasteiger charge is 2.34. The van der Waals surface area contributed by atoms with Gasteiger partial charge in [0.15, 0.2) is 0 Å². The van der Waals surface area contributed by atoms with Gasteiger partial charge in [-0.05, 0) is 17.8 Å².